The summed E-state index contributed by atoms with van der Waals surface area (Å²) in [5, 5.41) is 0. The summed E-state index contributed by atoms with van der Waals surface area (Å²) in [6.07, 6.45) is 0. The quantitative estimate of drug-likeness (QED) is 0.628. The van der Waals surface area contributed by atoms with E-state index in [2.05, 4.69) is 4.74 Å². The van der Waals surface area contributed by atoms with Gasteiger partial charge in [0.1, 0.15) is 6.61 Å². The summed E-state index contributed by atoms with van der Waals surface area (Å²) in [6, 6.07) is 7.10. The van der Waals surface area contributed by atoms with E-state index in [9.17, 15) is 13.6 Å². The van der Waals surface area contributed by atoms with Crippen molar-refractivity contribution in [1.82, 2.24) is 0 Å². The second-order valence-corrected chi connectivity index (χ2v) is 4.06. The van der Waals surface area contributed by atoms with Gasteiger partial charge in [-0.2, -0.15) is 8.78 Å². The first kappa shape index (κ1) is 12.1. The van der Waals surface area contributed by atoms with Crippen LogP contribution in [-0.2, 0) is 16.1 Å². The van der Waals surface area contributed by atoms with Gasteiger partial charge in [0.25, 0.3) is 0 Å². The van der Waals surface area contributed by atoms with Crippen molar-refractivity contribution < 1.29 is 18.3 Å². The second-order valence-electron chi connectivity index (χ2n) is 3.06. The number of halogens is 3. The summed E-state index contributed by atoms with van der Waals surface area (Å²) in [5.41, 5.74) is 1.66. The van der Waals surface area contributed by atoms with Crippen LogP contribution in [0.5, 0.6) is 0 Å². The molecule has 1 aromatic carbocycles. The molecule has 82 valence electrons. The van der Waals surface area contributed by atoms with Crippen molar-refractivity contribution in [2.45, 2.75) is 18.4 Å². The Morgan fingerprint density at radius 3 is 2.73 bits per heavy atom. The van der Waals surface area contributed by atoms with Crippen molar-refractivity contribution in [2.24, 2.45) is 0 Å². The van der Waals surface area contributed by atoms with Crippen LogP contribution in [0.15, 0.2) is 24.3 Å². The number of hydrogen-bond donors (Lipinski definition) is 0. The molecule has 0 heterocycles. The molecular formula is C10H9BrF2O2. The molecule has 0 aromatic heterocycles. The van der Waals surface area contributed by atoms with E-state index in [-0.39, 0.29) is 6.61 Å². The zero-order chi connectivity index (χ0) is 11.5. The smallest absolute Gasteiger partial charge is 0.396 e. The largest absolute Gasteiger partial charge is 0.456 e. The lowest BCUT2D eigenvalue weighted by molar-refractivity contribution is -0.160. The third-order valence-electron chi connectivity index (χ3n) is 1.68. The standard InChI is InChI=1S/C10H9BrF2O2/c1-7-3-2-4-8(5-7)6-15-9(14)10(11,12)13/h2-5H,6H2,1H3. The highest BCUT2D eigenvalue weighted by atomic mass is 79.9. The molecule has 0 spiro atoms. The van der Waals surface area contributed by atoms with Crippen LogP contribution in [0.3, 0.4) is 0 Å². The zero-order valence-corrected chi connectivity index (χ0v) is 9.55. The summed E-state index contributed by atoms with van der Waals surface area (Å²) in [5.74, 6) is -1.58. The Labute approximate surface area is 94.4 Å². The number of rotatable bonds is 3. The lowest BCUT2D eigenvalue weighted by Crippen LogP contribution is -2.23. The van der Waals surface area contributed by atoms with Crippen molar-refractivity contribution in [1.29, 1.82) is 0 Å². The molecule has 0 bridgehead atoms. The molecule has 0 aliphatic heterocycles. The van der Waals surface area contributed by atoms with Gasteiger partial charge in [0, 0.05) is 15.9 Å². The number of ether oxygens (including phenoxy) is 1. The Bertz CT molecular complexity index is 361. The first-order valence-corrected chi connectivity index (χ1v) is 4.98. The molecule has 0 unspecified atom stereocenters. The predicted octanol–water partition coefficient (Wildman–Crippen LogP) is 3.03. The predicted molar refractivity (Wildman–Crippen MR) is 54.8 cm³/mol. The summed E-state index contributed by atoms with van der Waals surface area (Å²) >= 11 is 1.92. The summed E-state index contributed by atoms with van der Waals surface area (Å²) in [7, 11) is 0. The van der Waals surface area contributed by atoms with E-state index in [1.165, 1.54) is 0 Å². The summed E-state index contributed by atoms with van der Waals surface area (Å²) in [6.45, 7) is 1.71. The summed E-state index contributed by atoms with van der Waals surface area (Å²) in [4.78, 5) is 7.09. The fourth-order valence-electron chi connectivity index (χ4n) is 1.03. The van der Waals surface area contributed by atoms with Gasteiger partial charge in [0.05, 0.1) is 0 Å². The third kappa shape index (κ3) is 3.95. The minimum Gasteiger partial charge on any atom is -0.456 e. The number of esters is 1. The van der Waals surface area contributed by atoms with E-state index in [0.29, 0.717) is 5.56 Å². The Balaban J connectivity index is 2.55. The van der Waals surface area contributed by atoms with Gasteiger partial charge in [0.2, 0.25) is 0 Å². The van der Waals surface area contributed by atoms with Crippen molar-refractivity contribution in [2.75, 3.05) is 0 Å². The fourth-order valence-corrected chi connectivity index (χ4v) is 1.15. The molecule has 0 radical (unpaired) electrons. The van der Waals surface area contributed by atoms with Crippen LogP contribution in [0, 0.1) is 6.92 Å². The molecule has 0 amide bonds. The van der Waals surface area contributed by atoms with Gasteiger partial charge < -0.3 is 4.74 Å². The molecule has 0 N–H and O–H groups in total. The maximum absolute atomic E-state index is 12.3. The van der Waals surface area contributed by atoms with Crippen LogP contribution < -0.4 is 0 Å². The van der Waals surface area contributed by atoms with Crippen LogP contribution in [0.25, 0.3) is 0 Å². The number of carbonyl (C=O) groups is 1. The van der Waals surface area contributed by atoms with Gasteiger partial charge in [-0.1, -0.05) is 29.8 Å². The van der Waals surface area contributed by atoms with Gasteiger partial charge in [-0.3, -0.25) is 0 Å². The number of alkyl halides is 3. The Morgan fingerprint density at radius 2 is 2.20 bits per heavy atom. The topological polar surface area (TPSA) is 26.3 Å². The number of benzene rings is 1. The molecule has 0 saturated heterocycles. The first-order valence-electron chi connectivity index (χ1n) is 4.19. The van der Waals surface area contributed by atoms with Gasteiger partial charge in [-0.05, 0) is 12.5 Å². The maximum Gasteiger partial charge on any atom is 0.396 e. The highest BCUT2D eigenvalue weighted by Crippen LogP contribution is 2.23. The molecule has 0 aliphatic carbocycles. The van der Waals surface area contributed by atoms with Gasteiger partial charge in [-0.15, -0.1) is 0 Å². The number of hydrogen-bond acceptors (Lipinski definition) is 2. The molecule has 0 saturated carbocycles. The van der Waals surface area contributed by atoms with Crippen molar-refractivity contribution >= 4 is 21.9 Å². The van der Waals surface area contributed by atoms with E-state index < -0.39 is 10.8 Å². The van der Waals surface area contributed by atoms with Gasteiger partial charge in [0.15, 0.2) is 0 Å². The van der Waals surface area contributed by atoms with Gasteiger partial charge in [-0.25, -0.2) is 4.79 Å². The average molecular weight is 279 g/mol. The molecule has 0 atom stereocenters. The molecule has 1 aromatic rings. The Hall–Kier alpha value is -0.970. The molecule has 0 fully saturated rings. The molecular weight excluding hydrogens is 270 g/mol. The van der Waals surface area contributed by atoms with Gasteiger partial charge >= 0.3 is 10.8 Å². The van der Waals surface area contributed by atoms with Crippen LogP contribution in [0.2, 0.25) is 0 Å². The fraction of sp³-hybridized carbons (Fsp3) is 0.300. The molecule has 0 aliphatic rings. The average Bonchev–Trinajstić information content (AvgIpc) is 2.12. The van der Waals surface area contributed by atoms with Crippen molar-refractivity contribution in [3.63, 3.8) is 0 Å². The van der Waals surface area contributed by atoms with E-state index >= 15 is 0 Å². The monoisotopic (exact) mass is 278 g/mol. The van der Waals surface area contributed by atoms with Crippen LogP contribution in [0.1, 0.15) is 11.1 Å². The first-order chi connectivity index (χ1) is 6.89. The van der Waals surface area contributed by atoms with Crippen LogP contribution in [-0.4, -0.2) is 10.8 Å². The SMILES string of the molecule is Cc1cccc(COC(=O)C(F)(F)Br)c1. The Morgan fingerprint density at radius 1 is 1.53 bits per heavy atom. The minimum atomic E-state index is -3.61. The number of aryl methyl sites for hydroxylation is 1. The Kier molecular flexibility index (Phi) is 3.79. The van der Waals surface area contributed by atoms with Crippen molar-refractivity contribution in [3.05, 3.63) is 35.4 Å². The lowest BCUT2D eigenvalue weighted by Gasteiger charge is -2.08. The summed E-state index contributed by atoms with van der Waals surface area (Å²) < 4.78 is 29.1. The second kappa shape index (κ2) is 4.70. The molecule has 2 nitrogen and oxygen atoms in total. The van der Waals surface area contributed by atoms with E-state index in [1.54, 1.807) is 18.2 Å². The van der Waals surface area contributed by atoms with Crippen molar-refractivity contribution in [3.8, 4) is 0 Å². The lowest BCUT2D eigenvalue weighted by atomic mass is 10.1. The maximum atomic E-state index is 12.3. The normalized spacial score (nSPS) is 11.2. The molecule has 15 heavy (non-hydrogen) atoms. The molecule has 1 rings (SSSR count). The minimum absolute atomic E-state index is 0.151. The highest BCUT2D eigenvalue weighted by Gasteiger charge is 2.36. The van der Waals surface area contributed by atoms with E-state index in [1.807, 2.05) is 28.9 Å². The van der Waals surface area contributed by atoms with Crippen LogP contribution >= 0.6 is 15.9 Å². The zero-order valence-electron chi connectivity index (χ0n) is 7.97. The van der Waals surface area contributed by atoms with E-state index in [4.69, 9.17) is 0 Å². The van der Waals surface area contributed by atoms with Crippen LogP contribution in [0.4, 0.5) is 8.78 Å². The molecule has 5 heteroatoms. The van der Waals surface area contributed by atoms with E-state index in [0.717, 1.165) is 5.56 Å². The number of carbonyl (C=O) groups excluding carboxylic acids is 1. The highest BCUT2D eigenvalue weighted by molar-refractivity contribution is 9.10. The third-order valence-corrected chi connectivity index (χ3v) is 2.01.